The Balaban J connectivity index is 2.04. The predicted octanol–water partition coefficient (Wildman–Crippen LogP) is 0.758. The number of aliphatic carboxylic acids is 1. The van der Waals surface area contributed by atoms with Gasteiger partial charge in [0.25, 0.3) is 0 Å². The van der Waals surface area contributed by atoms with Gasteiger partial charge in [-0.3, -0.25) is 0 Å². The molecule has 0 aromatic heterocycles. The summed E-state index contributed by atoms with van der Waals surface area (Å²) in [5.74, 6) is -1.08. The van der Waals surface area contributed by atoms with E-state index in [0.717, 1.165) is 5.56 Å². The zero-order valence-corrected chi connectivity index (χ0v) is 11.3. The molecule has 2 rings (SSSR count). The number of β-amino-alcohol motifs (C(OH)–C–C–N with tert-alkyl or cyclic N) is 1. The molecule has 1 aliphatic rings. The number of benzene rings is 1. The molecule has 1 aromatic carbocycles. The van der Waals surface area contributed by atoms with Crippen molar-refractivity contribution in [3.63, 3.8) is 0 Å². The van der Waals surface area contributed by atoms with Crippen LogP contribution in [-0.2, 0) is 11.3 Å². The molecular weight excluding hydrogens is 260 g/mol. The van der Waals surface area contributed by atoms with Gasteiger partial charge in [-0.05, 0) is 5.56 Å². The third-order valence-electron chi connectivity index (χ3n) is 3.40. The highest BCUT2D eigenvalue weighted by atomic mass is 16.4. The molecule has 2 atom stereocenters. The second-order valence-electron chi connectivity index (χ2n) is 5.02. The van der Waals surface area contributed by atoms with Crippen LogP contribution in [0.5, 0.6) is 0 Å². The number of hydrogen-bond donors (Lipinski definition) is 2. The first-order chi connectivity index (χ1) is 9.49. The minimum absolute atomic E-state index is 0.0644. The maximum Gasteiger partial charge on any atom is 0.326 e. The van der Waals surface area contributed by atoms with E-state index in [9.17, 15) is 14.7 Å². The van der Waals surface area contributed by atoms with Crippen LogP contribution in [0.1, 0.15) is 12.0 Å². The number of aliphatic hydroxyl groups is 1. The van der Waals surface area contributed by atoms with E-state index < -0.39 is 18.1 Å². The van der Waals surface area contributed by atoms with Gasteiger partial charge in [0.2, 0.25) is 0 Å². The maximum absolute atomic E-state index is 12.3. The number of carbonyl (C=O) groups excluding carboxylic acids is 1. The molecule has 1 saturated heterocycles. The van der Waals surface area contributed by atoms with Gasteiger partial charge in [-0.25, -0.2) is 9.59 Å². The second kappa shape index (κ2) is 5.92. The summed E-state index contributed by atoms with van der Waals surface area (Å²) in [5.41, 5.74) is 0.968. The third kappa shape index (κ3) is 3.08. The molecule has 0 radical (unpaired) electrons. The largest absolute Gasteiger partial charge is 0.480 e. The summed E-state index contributed by atoms with van der Waals surface area (Å²) >= 11 is 0. The van der Waals surface area contributed by atoms with Crippen LogP contribution in [0.15, 0.2) is 30.3 Å². The van der Waals surface area contributed by atoms with E-state index in [1.54, 1.807) is 7.05 Å². The molecule has 1 aliphatic heterocycles. The Morgan fingerprint density at radius 2 is 2.00 bits per heavy atom. The van der Waals surface area contributed by atoms with Crippen molar-refractivity contribution in [2.75, 3.05) is 13.6 Å². The van der Waals surface area contributed by atoms with Crippen LogP contribution in [0.2, 0.25) is 0 Å². The quantitative estimate of drug-likeness (QED) is 0.855. The molecule has 20 heavy (non-hydrogen) atoms. The predicted molar refractivity (Wildman–Crippen MR) is 72.1 cm³/mol. The molecule has 1 heterocycles. The van der Waals surface area contributed by atoms with Gasteiger partial charge >= 0.3 is 12.0 Å². The van der Waals surface area contributed by atoms with E-state index in [0.29, 0.717) is 6.54 Å². The lowest BCUT2D eigenvalue weighted by Crippen LogP contribution is -2.46. The molecule has 0 saturated carbocycles. The van der Waals surface area contributed by atoms with Crippen LogP contribution in [0.25, 0.3) is 0 Å². The fourth-order valence-electron chi connectivity index (χ4n) is 2.40. The molecule has 2 N–H and O–H groups in total. The summed E-state index contributed by atoms with van der Waals surface area (Å²) in [4.78, 5) is 26.1. The molecule has 6 nitrogen and oxygen atoms in total. The Hall–Kier alpha value is -2.08. The maximum atomic E-state index is 12.3. The monoisotopic (exact) mass is 278 g/mol. The van der Waals surface area contributed by atoms with Crippen molar-refractivity contribution in [3.8, 4) is 0 Å². The van der Waals surface area contributed by atoms with Crippen LogP contribution in [0.4, 0.5) is 4.79 Å². The molecule has 0 unspecified atom stereocenters. The molecule has 108 valence electrons. The van der Waals surface area contributed by atoms with E-state index in [-0.39, 0.29) is 19.0 Å². The van der Waals surface area contributed by atoms with E-state index in [1.807, 2.05) is 30.3 Å². The van der Waals surface area contributed by atoms with Crippen molar-refractivity contribution in [2.24, 2.45) is 0 Å². The average molecular weight is 278 g/mol. The lowest BCUT2D eigenvalue weighted by Gasteiger charge is -2.27. The highest BCUT2D eigenvalue weighted by Crippen LogP contribution is 2.20. The molecule has 1 fully saturated rings. The molecule has 1 aromatic rings. The summed E-state index contributed by atoms with van der Waals surface area (Å²) in [7, 11) is 1.62. The molecular formula is C14H18N2O4. The highest BCUT2D eigenvalue weighted by molar-refractivity contribution is 5.83. The van der Waals surface area contributed by atoms with Gasteiger partial charge in [-0.15, -0.1) is 0 Å². The summed E-state index contributed by atoms with van der Waals surface area (Å²) in [6.07, 6.45) is -0.689. The first kappa shape index (κ1) is 14.3. The Bertz CT molecular complexity index is 491. The van der Waals surface area contributed by atoms with Crippen LogP contribution in [0, 0.1) is 0 Å². The molecule has 0 bridgehead atoms. The SMILES string of the molecule is CN(Cc1ccccc1)C(=O)N1C[C@H](O)C[C@@H]1C(=O)O. The van der Waals surface area contributed by atoms with E-state index in [4.69, 9.17) is 5.11 Å². The number of carboxylic acids is 1. The zero-order valence-electron chi connectivity index (χ0n) is 11.3. The molecule has 0 aliphatic carbocycles. The average Bonchev–Trinajstić information content (AvgIpc) is 2.81. The second-order valence-corrected chi connectivity index (χ2v) is 5.02. The standard InChI is InChI=1S/C14H18N2O4/c1-15(8-10-5-3-2-4-6-10)14(20)16-9-11(17)7-12(16)13(18)19/h2-6,11-12,17H,7-9H2,1H3,(H,18,19)/t11-,12-/m1/s1. The van der Waals surface area contributed by atoms with Gasteiger partial charge in [0.05, 0.1) is 6.10 Å². The molecule has 0 spiro atoms. The Morgan fingerprint density at radius 3 is 2.60 bits per heavy atom. The van der Waals surface area contributed by atoms with E-state index >= 15 is 0 Å². The smallest absolute Gasteiger partial charge is 0.326 e. The van der Waals surface area contributed by atoms with Crippen LogP contribution in [-0.4, -0.2) is 57.8 Å². The first-order valence-corrected chi connectivity index (χ1v) is 6.45. The van der Waals surface area contributed by atoms with Gasteiger partial charge in [0.1, 0.15) is 6.04 Å². The van der Waals surface area contributed by atoms with Gasteiger partial charge < -0.3 is 20.0 Å². The summed E-state index contributed by atoms with van der Waals surface area (Å²) in [5, 5.41) is 18.7. The lowest BCUT2D eigenvalue weighted by molar-refractivity contribution is -0.141. The van der Waals surface area contributed by atoms with Crippen LogP contribution < -0.4 is 0 Å². The topological polar surface area (TPSA) is 81.1 Å². The molecule has 2 amide bonds. The number of carbonyl (C=O) groups is 2. The number of urea groups is 1. The van der Waals surface area contributed by atoms with Gasteiger partial charge in [-0.2, -0.15) is 0 Å². The summed E-state index contributed by atoms with van der Waals surface area (Å²) in [6, 6.07) is 8.13. The number of aliphatic hydroxyl groups excluding tert-OH is 1. The highest BCUT2D eigenvalue weighted by Gasteiger charge is 2.39. The number of hydrogen-bond acceptors (Lipinski definition) is 3. The number of carboxylic acid groups (broad SMARTS) is 1. The minimum atomic E-state index is -1.08. The number of amides is 2. The number of rotatable bonds is 3. The lowest BCUT2D eigenvalue weighted by atomic mass is 10.2. The van der Waals surface area contributed by atoms with Crippen molar-refractivity contribution in [2.45, 2.75) is 25.1 Å². The fourth-order valence-corrected chi connectivity index (χ4v) is 2.40. The summed E-state index contributed by atoms with van der Waals surface area (Å²) in [6.45, 7) is 0.466. The Morgan fingerprint density at radius 1 is 1.35 bits per heavy atom. The van der Waals surface area contributed by atoms with Crippen molar-refractivity contribution in [1.29, 1.82) is 0 Å². The van der Waals surface area contributed by atoms with Crippen LogP contribution >= 0.6 is 0 Å². The number of nitrogens with zero attached hydrogens (tertiary/aromatic N) is 2. The van der Waals surface area contributed by atoms with Gasteiger partial charge in [0.15, 0.2) is 0 Å². The van der Waals surface area contributed by atoms with Gasteiger partial charge in [0, 0.05) is 26.6 Å². The zero-order chi connectivity index (χ0) is 14.7. The normalized spacial score (nSPS) is 21.8. The van der Waals surface area contributed by atoms with Crippen molar-refractivity contribution in [3.05, 3.63) is 35.9 Å². The van der Waals surface area contributed by atoms with Crippen molar-refractivity contribution >= 4 is 12.0 Å². The van der Waals surface area contributed by atoms with Gasteiger partial charge in [-0.1, -0.05) is 30.3 Å². The van der Waals surface area contributed by atoms with Crippen LogP contribution in [0.3, 0.4) is 0 Å². The van der Waals surface area contributed by atoms with Crippen molar-refractivity contribution in [1.82, 2.24) is 9.80 Å². The number of likely N-dealkylation sites (tertiary alicyclic amines) is 1. The Kier molecular flexibility index (Phi) is 4.24. The summed E-state index contributed by atoms with van der Waals surface area (Å²) < 4.78 is 0. The van der Waals surface area contributed by atoms with E-state index in [2.05, 4.69) is 0 Å². The van der Waals surface area contributed by atoms with E-state index in [1.165, 1.54) is 9.80 Å². The third-order valence-corrected chi connectivity index (χ3v) is 3.40. The minimum Gasteiger partial charge on any atom is -0.480 e. The fraction of sp³-hybridized carbons (Fsp3) is 0.429. The molecule has 6 heteroatoms. The van der Waals surface area contributed by atoms with Crippen molar-refractivity contribution < 1.29 is 19.8 Å². The first-order valence-electron chi connectivity index (χ1n) is 6.45. The Labute approximate surface area is 117 Å².